The number of fused-ring (bicyclic) bond motifs is 1. The summed E-state index contributed by atoms with van der Waals surface area (Å²) >= 11 is 0. The van der Waals surface area contributed by atoms with E-state index in [-0.39, 0.29) is 6.42 Å². The lowest BCUT2D eigenvalue weighted by atomic mass is 10.1. The number of aliphatic carboxylic acids is 1. The maximum Gasteiger partial charge on any atom is 0.336 e. The van der Waals surface area contributed by atoms with Gasteiger partial charge in [-0.1, -0.05) is 26.7 Å². The quantitative estimate of drug-likeness (QED) is 0.667. The minimum absolute atomic E-state index is 0.280. The van der Waals surface area contributed by atoms with E-state index in [0.29, 0.717) is 17.8 Å². The molecule has 2 atom stereocenters. The molecule has 146 valence electrons. The molecule has 7 heteroatoms. The van der Waals surface area contributed by atoms with Gasteiger partial charge in [0, 0.05) is 17.5 Å². The van der Waals surface area contributed by atoms with Gasteiger partial charge >= 0.3 is 5.63 Å². The second-order valence-electron chi connectivity index (χ2n) is 6.43. The summed E-state index contributed by atoms with van der Waals surface area (Å²) in [4.78, 5) is 35.0. The first-order valence-electron chi connectivity index (χ1n) is 9.10. The number of amides is 1. The number of rotatable bonds is 9. The van der Waals surface area contributed by atoms with E-state index in [9.17, 15) is 19.5 Å². The first-order valence-corrected chi connectivity index (χ1v) is 9.10. The molecule has 0 unspecified atom stereocenters. The van der Waals surface area contributed by atoms with E-state index in [1.54, 1.807) is 18.2 Å². The fraction of sp³-hybridized carbons (Fsp3) is 0.450. The lowest BCUT2D eigenvalue weighted by Gasteiger charge is -2.22. The normalized spacial score (nSPS) is 13.1. The van der Waals surface area contributed by atoms with Gasteiger partial charge in [-0.25, -0.2) is 4.79 Å². The smallest absolute Gasteiger partial charge is 0.336 e. The van der Waals surface area contributed by atoms with Gasteiger partial charge in [0.15, 0.2) is 6.10 Å². The Morgan fingerprint density at radius 3 is 2.59 bits per heavy atom. The lowest BCUT2D eigenvalue weighted by molar-refractivity contribution is -0.308. The average molecular weight is 374 g/mol. The van der Waals surface area contributed by atoms with Crippen LogP contribution >= 0.6 is 0 Å². The van der Waals surface area contributed by atoms with Crippen LogP contribution in [0, 0.1) is 0 Å². The number of ether oxygens (including phenoxy) is 1. The Balaban J connectivity index is 2.16. The van der Waals surface area contributed by atoms with Crippen molar-refractivity contribution in [3.8, 4) is 5.75 Å². The Bertz CT molecular complexity index is 872. The van der Waals surface area contributed by atoms with Crippen LogP contribution in [0.5, 0.6) is 5.75 Å². The number of carbonyl (C=O) groups excluding carboxylic acids is 2. The standard InChI is InChI=1S/C20H25NO6/c1-4-6-13-10-18(22)27-17-11-14(8-9-15(13)17)26-12(3)19(23)21-16(7-5-2)20(24)25/h8-12,16H,4-7H2,1-3H3,(H,21,23)(H,24,25)/p-1/t12-,16+/m1/s1. The molecule has 0 aliphatic heterocycles. The molecule has 0 aliphatic rings. The Kier molecular flexibility index (Phi) is 6.98. The molecule has 1 heterocycles. The van der Waals surface area contributed by atoms with Crippen molar-refractivity contribution in [3.63, 3.8) is 0 Å². The summed E-state index contributed by atoms with van der Waals surface area (Å²) in [5, 5.41) is 14.3. The Labute approximate surface area is 157 Å². The maximum atomic E-state index is 12.2. The summed E-state index contributed by atoms with van der Waals surface area (Å²) in [6.45, 7) is 5.36. The van der Waals surface area contributed by atoms with E-state index in [1.165, 1.54) is 13.0 Å². The topological polar surface area (TPSA) is 109 Å². The Morgan fingerprint density at radius 1 is 1.22 bits per heavy atom. The van der Waals surface area contributed by atoms with Crippen molar-refractivity contribution in [2.24, 2.45) is 0 Å². The number of carboxylic acids is 1. The molecule has 1 N–H and O–H groups in total. The van der Waals surface area contributed by atoms with E-state index < -0.39 is 29.6 Å². The molecule has 0 spiro atoms. The molecule has 2 rings (SSSR count). The van der Waals surface area contributed by atoms with E-state index in [4.69, 9.17) is 9.15 Å². The van der Waals surface area contributed by atoms with Crippen molar-refractivity contribution >= 4 is 22.8 Å². The predicted octanol–water partition coefficient (Wildman–Crippen LogP) is 1.55. The van der Waals surface area contributed by atoms with Gasteiger partial charge in [-0.2, -0.15) is 0 Å². The van der Waals surface area contributed by atoms with E-state index >= 15 is 0 Å². The van der Waals surface area contributed by atoms with Crippen molar-refractivity contribution in [1.29, 1.82) is 0 Å². The van der Waals surface area contributed by atoms with Crippen molar-refractivity contribution < 1.29 is 23.8 Å². The third-order valence-electron chi connectivity index (χ3n) is 4.18. The number of aryl methyl sites for hydroxylation is 1. The van der Waals surface area contributed by atoms with Gasteiger partial charge in [0.1, 0.15) is 11.3 Å². The zero-order chi connectivity index (χ0) is 20.0. The fourth-order valence-electron chi connectivity index (χ4n) is 2.84. The van der Waals surface area contributed by atoms with Gasteiger partial charge in [0.2, 0.25) is 0 Å². The minimum Gasteiger partial charge on any atom is -0.548 e. The summed E-state index contributed by atoms with van der Waals surface area (Å²) in [6, 6.07) is 5.45. The number of carbonyl (C=O) groups is 2. The molecular formula is C20H24NO6-. The number of carboxylic acid groups (broad SMARTS) is 1. The highest BCUT2D eigenvalue weighted by molar-refractivity contribution is 5.86. The van der Waals surface area contributed by atoms with Crippen LogP contribution in [-0.4, -0.2) is 24.0 Å². The van der Waals surface area contributed by atoms with Gasteiger partial charge in [-0.3, -0.25) is 4.79 Å². The molecule has 0 aliphatic carbocycles. The maximum absolute atomic E-state index is 12.2. The summed E-state index contributed by atoms with van der Waals surface area (Å²) in [6.07, 6.45) is 1.60. The highest BCUT2D eigenvalue weighted by atomic mass is 16.5. The Hall–Kier alpha value is -2.83. The molecule has 2 aromatic rings. The first kappa shape index (κ1) is 20.5. The molecule has 1 aromatic heterocycles. The molecule has 0 radical (unpaired) electrons. The SMILES string of the molecule is CCCc1cc(=O)oc2cc(O[C@H](C)C(=O)N[C@@H](CCC)C(=O)[O-])ccc12. The van der Waals surface area contributed by atoms with Crippen LogP contribution in [0.3, 0.4) is 0 Å². The summed E-state index contributed by atoms with van der Waals surface area (Å²) < 4.78 is 10.8. The summed E-state index contributed by atoms with van der Waals surface area (Å²) in [7, 11) is 0. The van der Waals surface area contributed by atoms with Gasteiger partial charge in [0.25, 0.3) is 5.91 Å². The first-order chi connectivity index (χ1) is 12.8. The van der Waals surface area contributed by atoms with E-state index in [2.05, 4.69) is 5.32 Å². The van der Waals surface area contributed by atoms with Gasteiger partial charge in [0.05, 0.1) is 12.0 Å². The zero-order valence-corrected chi connectivity index (χ0v) is 15.7. The molecule has 0 saturated heterocycles. The van der Waals surface area contributed by atoms with Crippen LogP contribution in [0.25, 0.3) is 11.0 Å². The van der Waals surface area contributed by atoms with Crippen molar-refractivity contribution in [2.45, 2.75) is 58.6 Å². The molecule has 1 aromatic carbocycles. The van der Waals surface area contributed by atoms with Crippen LogP contribution in [-0.2, 0) is 16.0 Å². The highest BCUT2D eigenvalue weighted by Crippen LogP contribution is 2.24. The molecule has 0 bridgehead atoms. The number of benzene rings is 1. The summed E-state index contributed by atoms with van der Waals surface area (Å²) in [5.41, 5.74) is 0.845. The second-order valence-corrected chi connectivity index (χ2v) is 6.43. The molecule has 27 heavy (non-hydrogen) atoms. The van der Waals surface area contributed by atoms with Crippen molar-refractivity contribution in [1.82, 2.24) is 5.32 Å². The van der Waals surface area contributed by atoms with Gasteiger partial charge < -0.3 is 24.4 Å². The van der Waals surface area contributed by atoms with Crippen LogP contribution in [0.2, 0.25) is 0 Å². The fourth-order valence-corrected chi connectivity index (χ4v) is 2.84. The molecule has 0 saturated carbocycles. The van der Waals surface area contributed by atoms with E-state index in [0.717, 1.165) is 23.8 Å². The summed E-state index contributed by atoms with van der Waals surface area (Å²) in [5.74, 6) is -1.53. The Morgan fingerprint density at radius 2 is 1.96 bits per heavy atom. The molecule has 1 amide bonds. The molecule has 0 fully saturated rings. The highest BCUT2D eigenvalue weighted by Gasteiger charge is 2.20. The van der Waals surface area contributed by atoms with Crippen LogP contribution in [0.4, 0.5) is 0 Å². The van der Waals surface area contributed by atoms with Crippen LogP contribution < -0.4 is 20.8 Å². The van der Waals surface area contributed by atoms with Crippen molar-refractivity contribution in [3.05, 3.63) is 40.2 Å². The monoisotopic (exact) mass is 374 g/mol. The molecule has 7 nitrogen and oxygen atoms in total. The van der Waals surface area contributed by atoms with Crippen LogP contribution in [0.15, 0.2) is 33.5 Å². The van der Waals surface area contributed by atoms with Crippen LogP contribution in [0.1, 0.15) is 45.6 Å². The average Bonchev–Trinajstić information content (AvgIpc) is 2.60. The second kappa shape index (κ2) is 9.21. The third-order valence-corrected chi connectivity index (χ3v) is 4.18. The minimum atomic E-state index is -1.33. The zero-order valence-electron chi connectivity index (χ0n) is 15.7. The number of hydrogen-bond acceptors (Lipinski definition) is 6. The lowest BCUT2D eigenvalue weighted by Crippen LogP contribution is -2.51. The number of hydrogen-bond donors (Lipinski definition) is 1. The largest absolute Gasteiger partial charge is 0.548 e. The van der Waals surface area contributed by atoms with Gasteiger partial charge in [-0.05, 0) is 37.5 Å². The molecular weight excluding hydrogens is 350 g/mol. The third kappa shape index (κ3) is 5.32. The van der Waals surface area contributed by atoms with E-state index in [1.807, 2.05) is 13.8 Å². The van der Waals surface area contributed by atoms with Gasteiger partial charge in [-0.15, -0.1) is 0 Å². The predicted molar refractivity (Wildman–Crippen MR) is 98.4 cm³/mol. The van der Waals surface area contributed by atoms with Crippen molar-refractivity contribution in [2.75, 3.05) is 0 Å². The number of nitrogens with one attached hydrogen (secondary N) is 1.